The van der Waals surface area contributed by atoms with Gasteiger partial charge < -0.3 is 19.5 Å². The van der Waals surface area contributed by atoms with Crippen LogP contribution in [0.3, 0.4) is 0 Å². The fourth-order valence-electron chi connectivity index (χ4n) is 5.38. The minimum atomic E-state index is -0.650. The number of rotatable bonds is 13. The van der Waals surface area contributed by atoms with Crippen LogP contribution in [0.15, 0.2) is 54.6 Å². The summed E-state index contributed by atoms with van der Waals surface area (Å²) in [6, 6.07) is 13.4. The van der Waals surface area contributed by atoms with Crippen LogP contribution in [-0.2, 0) is 21.5 Å². The smallest absolute Gasteiger partial charge is 0.337 e. The van der Waals surface area contributed by atoms with E-state index in [1.165, 1.54) is 39.5 Å². The van der Waals surface area contributed by atoms with Crippen LogP contribution in [0.5, 0.6) is 0 Å². The third-order valence-corrected chi connectivity index (χ3v) is 8.13. The molecule has 1 aromatic heterocycles. The molecule has 7 heteroatoms. The molecule has 220 valence electrons. The van der Waals surface area contributed by atoms with Gasteiger partial charge in [0.1, 0.15) is 0 Å². The van der Waals surface area contributed by atoms with E-state index < -0.39 is 5.41 Å². The van der Waals surface area contributed by atoms with E-state index in [9.17, 15) is 9.59 Å². The first-order valence-corrected chi connectivity index (χ1v) is 15.1. The number of anilines is 2. The Bertz CT molecular complexity index is 1350. The van der Waals surface area contributed by atoms with Crippen molar-refractivity contribution in [2.75, 3.05) is 32.1 Å². The van der Waals surface area contributed by atoms with Gasteiger partial charge in [0.2, 0.25) is 5.95 Å². The summed E-state index contributed by atoms with van der Waals surface area (Å²) >= 11 is 0. The van der Waals surface area contributed by atoms with Gasteiger partial charge in [-0.25, -0.2) is 9.78 Å². The number of ketones is 1. The van der Waals surface area contributed by atoms with Crippen LogP contribution in [-0.4, -0.2) is 52.9 Å². The number of likely N-dealkylation sites (tertiary alicyclic amines) is 1. The molecule has 1 fully saturated rings. The number of nitrogens with one attached hydrogen (secondary N) is 1. The lowest BCUT2D eigenvalue weighted by atomic mass is 9.80. The zero-order valence-corrected chi connectivity index (χ0v) is 25.4. The molecule has 0 amide bonds. The van der Waals surface area contributed by atoms with Crippen LogP contribution in [0, 0.1) is 5.92 Å². The van der Waals surface area contributed by atoms with E-state index in [-0.39, 0.29) is 11.8 Å². The Morgan fingerprint density at radius 1 is 1.05 bits per heavy atom. The summed E-state index contributed by atoms with van der Waals surface area (Å²) in [7, 11) is 1.38. The summed E-state index contributed by atoms with van der Waals surface area (Å²) in [4.78, 5) is 32.6. The number of carbonyl (C=O) groups is 2. The van der Waals surface area contributed by atoms with Crippen molar-refractivity contribution in [2.45, 2.75) is 78.2 Å². The zero-order valence-electron chi connectivity index (χ0n) is 25.4. The molecule has 0 saturated carbocycles. The van der Waals surface area contributed by atoms with Crippen LogP contribution in [0.4, 0.5) is 11.6 Å². The van der Waals surface area contributed by atoms with Crippen molar-refractivity contribution < 1.29 is 14.3 Å². The van der Waals surface area contributed by atoms with Gasteiger partial charge in [-0.05, 0) is 120 Å². The quantitative estimate of drug-likeness (QED) is 0.175. The van der Waals surface area contributed by atoms with Crippen molar-refractivity contribution in [3.63, 3.8) is 0 Å². The molecule has 0 aliphatic carbocycles. The third-order valence-electron chi connectivity index (χ3n) is 8.13. The lowest BCUT2D eigenvalue weighted by Crippen LogP contribution is -2.31. The average Bonchev–Trinajstić information content (AvgIpc) is 3.31. The number of fused-ring (bicyclic) bond motifs is 1. The Kier molecular flexibility index (Phi) is 10.4. The Hall–Kier alpha value is -3.45. The summed E-state index contributed by atoms with van der Waals surface area (Å²) < 4.78 is 7.06. The molecular formula is C34H46N4O3. The number of imidazole rings is 1. The molecule has 7 nitrogen and oxygen atoms in total. The number of aromatic nitrogens is 2. The Labute approximate surface area is 245 Å². The van der Waals surface area contributed by atoms with Crippen molar-refractivity contribution in [3.05, 3.63) is 65.7 Å². The first-order chi connectivity index (χ1) is 19.7. The minimum Gasteiger partial charge on any atom is -0.465 e. The first-order valence-electron chi connectivity index (χ1n) is 15.1. The SMILES string of the molecule is COC(=O)c1ccc(Nc2nc3ccc(C(C)(C)C(=O)/C=C\CCC(C)C)cc3n2CCCN2CCCCC2)cc1. The number of benzene rings is 2. The number of ether oxygens (including phenoxy) is 1. The number of carbonyl (C=O) groups excluding carboxylic acids is 2. The van der Waals surface area contributed by atoms with Crippen LogP contribution >= 0.6 is 0 Å². The second-order valence-electron chi connectivity index (χ2n) is 12.1. The molecule has 2 heterocycles. The van der Waals surface area contributed by atoms with E-state index >= 15 is 0 Å². The molecule has 1 N–H and O–H groups in total. The molecular weight excluding hydrogens is 512 g/mol. The van der Waals surface area contributed by atoms with E-state index in [2.05, 4.69) is 34.7 Å². The first kappa shape index (κ1) is 30.5. The Morgan fingerprint density at radius 3 is 2.46 bits per heavy atom. The third kappa shape index (κ3) is 7.85. The van der Waals surface area contributed by atoms with Crippen molar-refractivity contribution in [3.8, 4) is 0 Å². The van der Waals surface area contributed by atoms with Crippen LogP contribution in [0.1, 0.15) is 82.1 Å². The van der Waals surface area contributed by atoms with Crippen LogP contribution in [0.2, 0.25) is 0 Å². The van der Waals surface area contributed by atoms with Gasteiger partial charge in [-0.15, -0.1) is 0 Å². The highest BCUT2D eigenvalue weighted by atomic mass is 16.5. The molecule has 0 atom stereocenters. The normalized spacial score (nSPS) is 14.7. The number of hydrogen-bond donors (Lipinski definition) is 1. The van der Waals surface area contributed by atoms with Crippen molar-refractivity contribution in [1.29, 1.82) is 0 Å². The molecule has 1 aliphatic rings. The van der Waals surface area contributed by atoms with Crippen molar-refractivity contribution >= 4 is 34.4 Å². The van der Waals surface area contributed by atoms with Gasteiger partial charge in [-0.2, -0.15) is 0 Å². The summed E-state index contributed by atoms with van der Waals surface area (Å²) in [6.45, 7) is 12.6. The summed E-state index contributed by atoms with van der Waals surface area (Å²) in [5.41, 5.74) is 3.57. The molecule has 41 heavy (non-hydrogen) atoms. The maximum atomic E-state index is 13.3. The molecule has 0 bridgehead atoms. The van der Waals surface area contributed by atoms with E-state index in [1.54, 1.807) is 18.2 Å². The second kappa shape index (κ2) is 13.9. The lowest BCUT2D eigenvalue weighted by molar-refractivity contribution is -0.118. The van der Waals surface area contributed by atoms with Gasteiger partial charge in [0, 0.05) is 12.2 Å². The number of piperidine rings is 1. The number of aryl methyl sites for hydroxylation is 1. The van der Waals surface area contributed by atoms with E-state index in [0.29, 0.717) is 11.5 Å². The monoisotopic (exact) mass is 558 g/mol. The molecule has 1 saturated heterocycles. The van der Waals surface area contributed by atoms with Crippen molar-refractivity contribution in [1.82, 2.24) is 14.5 Å². The zero-order chi connectivity index (χ0) is 29.4. The number of allylic oxidation sites excluding steroid dienone is 2. The molecule has 0 spiro atoms. The summed E-state index contributed by atoms with van der Waals surface area (Å²) in [5, 5.41) is 3.47. The predicted octanol–water partition coefficient (Wildman–Crippen LogP) is 7.28. The fraction of sp³-hybridized carbons (Fsp3) is 0.500. The highest BCUT2D eigenvalue weighted by molar-refractivity contribution is 5.99. The minimum absolute atomic E-state index is 0.112. The molecule has 0 radical (unpaired) electrons. The summed E-state index contributed by atoms with van der Waals surface area (Å²) in [6.07, 6.45) is 10.7. The predicted molar refractivity (Wildman–Crippen MR) is 167 cm³/mol. The van der Waals surface area contributed by atoms with E-state index in [4.69, 9.17) is 9.72 Å². The lowest BCUT2D eigenvalue weighted by Gasteiger charge is -2.26. The highest BCUT2D eigenvalue weighted by Gasteiger charge is 2.28. The molecule has 0 unspecified atom stereocenters. The van der Waals surface area contributed by atoms with Gasteiger partial charge in [0.15, 0.2) is 5.78 Å². The number of hydrogen-bond acceptors (Lipinski definition) is 6. The maximum absolute atomic E-state index is 13.3. The number of esters is 1. The molecule has 3 aromatic rings. The Balaban J connectivity index is 1.61. The fourth-order valence-corrected chi connectivity index (χ4v) is 5.38. The van der Waals surface area contributed by atoms with Gasteiger partial charge in [0.25, 0.3) is 0 Å². The van der Waals surface area contributed by atoms with Gasteiger partial charge >= 0.3 is 5.97 Å². The maximum Gasteiger partial charge on any atom is 0.337 e. The largest absolute Gasteiger partial charge is 0.465 e. The second-order valence-corrected chi connectivity index (χ2v) is 12.1. The van der Waals surface area contributed by atoms with E-state index in [0.717, 1.165) is 60.6 Å². The van der Waals surface area contributed by atoms with Gasteiger partial charge in [-0.3, -0.25) is 4.79 Å². The average molecular weight is 559 g/mol. The molecule has 4 rings (SSSR count). The molecule has 1 aliphatic heterocycles. The molecule has 2 aromatic carbocycles. The number of methoxy groups -OCH3 is 1. The van der Waals surface area contributed by atoms with Crippen LogP contribution < -0.4 is 5.32 Å². The topological polar surface area (TPSA) is 76.5 Å². The highest BCUT2D eigenvalue weighted by Crippen LogP contribution is 2.31. The van der Waals surface area contributed by atoms with Gasteiger partial charge in [-0.1, -0.05) is 32.4 Å². The van der Waals surface area contributed by atoms with Gasteiger partial charge in [0.05, 0.1) is 29.1 Å². The standard InChI is InChI=1S/C34H46N4O3/c1-25(2)12-7-8-13-31(39)34(3,4)27-16-19-29-30(24-27)38(23-11-22-37-20-9-6-10-21-37)33(36-29)35-28-17-14-26(15-18-28)32(40)41-5/h8,13-19,24-25H,6-7,9-12,20-23H2,1-5H3,(H,35,36)/b13-8-. The van der Waals surface area contributed by atoms with Crippen LogP contribution in [0.25, 0.3) is 11.0 Å². The van der Waals surface area contributed by atoms with Crippen molar-refractivity contribution in [2.24, 2.45) is 5.92 Å². The van der Waals surface area contributed by atoms with E-state index in [1.807, 2.05) is 44.2 Å². The summed E-state index contributed by atoms with van der Waals surface area (Å²) in [5.74, 6) is 1.12. The Morgan fingerprint density at radius 2 is 1.78 bits per heavy atom. The number of nitrogens with zero attached hydrogens (tertiary/aromatic N) is 3.